The molecule has 0 amide bonds. The second kappa shape index (κ2) is 5.87. The van der Waals surface area contributed by atoms with Crippen molar-refractivity contribution in [2.75, 3.05) is 18.5 Å². The molecule has 0 saturated heterocycles. The molecule has 0 radical (unpaired) electrons. The Morgan fingerprint density at radius 3 is 2.85 bits per heavy atom. The molecule has 7 nitrogen and oxygen atoms in total. The number of benzene rings is 2. The molecule has 0 saturated carbocycles. The van der Waals surface area contributed by atoms with Gasteiger partial charge in [0.1, 0.15) is 19.5 Å². The molecule has 2 aliphatic rings. The van der Waals surface area contributed by atoms with Crippen LogP contribution in [0.3, 0.4) is 0 Å². The van der Waals surface area contributed by atoms with E-state index in [1.807, 2.05) is 30.3 Å². The third-order valence-electron chi connectivity index (χ3n) is 4.56. The Bertz CT molecular complexity index is 998. The summed E-state index contributed by atoms with van der Waals surface area (Å²) in [6.45, 7) is 1.08. The van der Waals surface area contributed by atoms with E-state index in [0.29, 0.717) is 42.7 Å². The van der Waals surface area contributed by atoms with Crippen LogP contribution in [0.15, 0.2) is 40.9 Å². The fourth-order valence-corrected chi connectivity index (χ4v) is 3.28. The zero-order chi connectivity index (χ0) is 17.5. The Morgan fingerprint density at radius 1 is 1.08 bits per heavy atom. The number of rotatable bonds is 3. The lowest BCUT2D eigenvalue weighted by Gasteiger charge is -2.18. The summed E-state index contributed by atoms with van der Waals surface area (Å²) in [6, 6.07) is 11.1. The number of nitrogens with zero attached hydrogens (tertiary/aromatic N) is 2. The standard InChI is InChI=1S/C19H15N3O4/c23-10-11-1-3-14-13(7-11)8-15(20-14)18-21-19(26-22-18)12-2-4-16-17(9-12)25-6-5-24-16/h1-4,7,9-10,15,20H,5-6,8H2. The zero-order valence-electron chi connectivity index (χ0n) is 13.8. The van der Waals surface area contributed by atoms with Gasteiger partial charge in [0.25, 0.3) is 5.89 Å². The molecule has 1 atom stereocenters. The van der Waals surface area contributed by atoms with Crippen molar-refractivity contribution in [2.24, 2.45) is 0 Å². The van der Waals surface area contributed by atoms with Crippen LogP contribution in [0, 0.1) is 0 Å². The van der Waals surface area contributed by atoms with E-state index in [0.717, 1.165) is 28.8 Å². The molecule has 0 spiro atoms. The minimum atomic E-state index is -0.0818. The SMILES string of the molecule is O=Cc1ccc2c(c1)CC(c1noc(-c3ccc4c(c3)OCCO4)n1)N2. The molecule has 2 aromatic carbocycles. The van der Waals surface area contributed by atoms with Gasteiger partial charge < -0.3 is 19.3 Å². The first-order valence-corrected chi connectivity index (χ1v) is 8.38. The molecule has 1 aromatic heterocycles. The van der Waals surface area contributed by atoms with Gasteiger partial charge in [-0.25, -0.2) is 0 Å². The van der Waals surface area contributed by atoms with Crippen molar-refractivity contribution in [1.29, 1.82) is 0 Å². The fraction of sp³-hybridized carbons (Fsp3) is 0.211. The number of nitrogens with one attached hydrogen (secondary N) is 1. The minimum Gasteiger partial charge on any atom is -0.486 e. The average Bonchev–Trinajstić information content (AvgIpc) is 3.33. The lowest BCUT2D eigenvalue weighted by Crippen LogP contribution is -2.15. The maximum atomic E-state index is 10.9. The quantitative estimate of drug-likeness (QED) is 0.727. The van der Waals surface area contributed by atoms with Gasteiger partial charge in [0, 0.05) is 23.2 Å². The average molecular weight is 349 g/mol. The first-order valence-electron chi connectivity index (χ1n) is 8.38. The van der Waals surface area contributed by atoms with Crippen LogP contribution in [-0.4, -0.2) is 29.6 Å². The molecule has 1 N–H and O–H groups in total. The number of ether oxygens (including phenoxy) is 2. The van der Waals surface area contributed by atoms with Crippen LogP contribution in [0.25, 0.3) is 11.5 Å². The lowest BCUT2D eigenvalue weighted by molar-refractivity contribution is 0.112. The molecule has 7 heteroatoms. The second-order valence-electron chi connectivity index (χ2n) is 6.25. The molecule has 5 rings (SSSR count). The predicted octanol–water partition coefficient (Wildman–Crippen LogP) is 3.03. The van der Waals surface area contributed by atoms with Gasteiger partial charge in [0.15, 0.2) is 17.3 Å². The highest BCUT2D eigenvalue weighted by Gasteiger charge is 2.27. The van der Waals surface area contributed by atoms with Gasteiger partial charge in [0.2, 0.25) is 0 Å². The molecular formula is C19H15N3O4. The van der Waals surface area contributed by atoms with Gasteiger partial charge in [-0.15, -0.1) is 0 Å². The van der Waals surface area contributed by atoms with E-state index in [9.17, 15) is 4.79 Å². The minimum absolute atomic E-state index is 0.0818. The molecular weight excluding hydrogens is 334 g/mol. The molecule has 26 heavy (non-hydrogen) atoms. The molecule has 0 bridgehead atoms. The third kappa shape index (κ3) is 2.48. The van der Waals surface area contributed by atoms with Crippen molar-refractivity contribution < 1.29 is 18.8 Å². The number of aromatic nitrogens is 2. The number of carbonyl (C=O) groups excluding carboxylic acids is 1. The van der Waals surface area contributed by atoms with Gasteiger partial charge in [-0.05, 0) is 42.0 Å². The monoisotopic (exact) mass is 349 g/mol. The first kappa shape index (κ1) is 14.9. The van der Waals surface area contributed by atoms with E-state index in [-0.39, 0.29) is 6.04 Å². The van der Waals surface area contributed by atoms with Gasteiger partial charge in [0.05, 0.1) is 6.04 Å². The summed E-state index contributed by atoms with van der Waals surface area (Å²) in [5, 5.41) is 7.49. The normalized spacial score (nSPS) is 17.5. The van der Waals surface area contributed by atoms with E-state index < -0.39 is 0 Å². The molecule has 0 fully saturated rings. The van der Waals surface area contributed by atoms with Crippen LogP contribution in [0.5, 0.6) is 11.5 Å². The van der Waals surface area contributed by atoms with Crippen LogP contribution >= 0.6 is 0 Å². The molecule has 3 heterocycles. The van der Waals surface area contributed by atoms with Crippen LogP contribution in [-0.2, 0) is 6.42 Å². The lowest BCUT2D eigenvalue weighted by atomic mass is 10.1. The summed E-state index contributed by atoms with van der Waals surface area (Å²) in [5.41, 5.74) is 3.51. The Labute approximate surface area is 148 Å². The predicted molar refractivity (Wildman–Crippen MR) is 92.6 cm³/mol. The Balaban J connectivity index is 1.40. The summed E-state index contributed by atoms with van der Waals surface area (Å²) in [5.74, 6) is 2.42. The molecule has 2 aliphatic heterocycles. The third-order valence-corrected chi connectivity index (χ3v) is 4.56. The van der Waals surface area contributed by atoms with E-state index in [1.165, 1.54) is 0 Å². The molecule has 130 valence electrons. The topological polar surface area (TPSA) is 86.5 Å². The second-order valence-corrected chi connectivity index (χ2v) is 6.25. The van der Waals surface area contributed by atoms with Crippen molar-refractivity contribution in [3.63, 3.8) is 0 Å². The Morgan fingerprint density at radius 2 is 1.96 bits per heavy atom. The number of fused-ring (bicyclic) bond motifs is 2. The van der Waals surface area contributed by atoms with Crippen molar-refractivity contribution in [3.05, 3.63) is 53.3 Å². The van der Waals surface area contributed by atoms with Crippen LogP contribution in [0.1, 0.15) is 27.8 Å². The first-order chi connectivity index (χ1) is 12.8. The van der Waals surface area contributed by atoms with Crippen molar-refractivity contribution >= 4 is 12.0 Å². The van der Waals surface area contributed by atoms with Gasteiger partial charge in [-0.1, -0.05) is 5.16 Å². The Hall–Kier alpha value is -3.35. The Kier molecular flexibility index (Phi) is 3.38. The zero-order valence-corrected chi connectivity index (χ0v) is 13.8. The highest BCUT2D eigenvalue weighted by atomic mass is 16.6. The molecule has 1 unspecified atom stereocenters. The van der Waals surface area contributed by atoms with E-state index in [4.69, 9.17) is 14.0 Å². The summed E-state index contributed by atoms with van der Waals surface area (Å²) in [7, 11) is 0. The largest absolute Gasteiger partial charge is 0.486 e. The number of aldehydes is 1. The number of hydrogen-bond donors (Lipinski definition) is 1. The van der Waals surface area contributed by atoms with Crippen LogP contribution in [0.4, 0.5) is 5.69 Å². The smallest absolute Gasteiger partial charge is 0.258 e. The highest BCUT2D eigenvalue weighted by Crippen LogP contribution is 2.36. The van der Waals surface area contributed by atoms with Gasteiger partial charge >= 0.3 is 0 Å². The van der Waals surface area contributed by atoms with Crippen molar-refractivity contribution in [1.82, 2.24) is 10.1 Å². The molecule has 0 aliphatic carbocycles. The molecule has 3 aromatic rings. The number of anilines is 1. The maximum Gasteiger partial charge on any atom is 0.258 e. The van der Waals surface area contributed by atoms with E-state index >= 15 is 0 Å². The summed E-state index contributed by atoms with van der Waals surface area (Å²) >= 11 is 0. The van der Waals surface area contributed by atoms with Crippen molar-refractivity contribution in [3.8, 4) is 23.0 Å². The van der Waals surface area contributed by atoms with Crippen molar-refractivity contribution in [2.45, 2.75) is 12.5 Å². The van der Waals surface area contributed by atoms with Gasteiger partial charge in [-0.3, -0.25) is 4.79 Å². The maximum absolute atomic E-state index is 10.9. The van der Waals surface area contributed by atoms with Gasteiger partial charge in [-0.2, -0.15) is 4.98 Å². The van der Waals surface area contributed by atoms with E-state index in [1.54, 1.807) is 6.07 Å². The fourth-order valence-electron chi connectivity index (χ4n) is 3.28. The highest BCUT2D eigenvalue weighted by molar-refractivity contribution is 5.77. The van der Waals surface area contributed by atoms with Crippen LogP contribution in [0.2, 0.25) is 0 Å². The summed E-state index contributed by atoms with van der Waals surface area (Å²) in [6.07, 6.45) is 1.55. The number of hydrogen-bond acceptors (Lipinski definition) is 7. The van der Waals surface area contributed by atoms with Crippen LogP contribution < -0.4 is 14.8 Å². The summed E-state index contributed by atoms with van der Waals surface area (Å²) < 4.78 is 16.6. The summed E-state index contributed by atoms with van der Waals surface area (Å²) in [4.78, 5) is 15.5. The number of carbonyl (C=O) groups is 1. The van der Waals surface area contributed by atoms with E-state index in [2.05, 4.69) is 15.5 Å².